The van der Waals surface area contributed by atoms with Crippen molar-refractivity contribution in [2.45, 2.75) is 44.2 Å². The zero-order chi connectivity index (χ0) is 14.8. The minimum atomic E-state index is -0.379. The van der Waals surface area contributed by atoms with Gasteiger partial charge in [0.25, 0.3) is 0 Å². The fraction of sp³-hybridized carbons (Fsp3) is 0.588. The van der Waals surface area contributed by atoms with Gasteiger partial charge in [-0.2, -0.15) is 0 Å². The summed E-state index contributed by atoms with van der Waals surface area (Å²) < 4.78 is 0. The van der Waals surface area contributed by atoms with Crippen molar-refractivity contribution >= 4 is 5.91 Å². The smallest absolute Gasteiger partial charge is 0.217 e. The molecule has 3 unspecified atom stereocenters. The number of nitrogens with two attached hydrogens (primary N) is 1. The van der Waals surface area contributed by atoms with Crippen molar-refractivity contribution in [2.75, 3.05) is 13.1 Å². The molecular weight excluding hydrogens is 264 g/mol. The van der Waals surface area contributed by atoms with Gasteiger partial charge in [-0.15, -0.1) is 0 Å². The minimum Gasteiger partial charge on any atom is -0.387 e. The van der Waals surface area contributed by atoms with E-state index in [1.54, 1.807) is 0 Å². The number of benzene rings is 1. The van der Waals surface area contributed by atoms with Crippen LogP contribution in [-0.4, -0.2) is 35.0 Å². The molecule has 21 heavy (non-hydrogen) atoms. The molecule has 1 aromatic carbocycles. The van der Waals surface area contributed by atoms with E-state index in [1.807, 2.05) is 18.2 Å². The molecule has 1 fully saturated rings. The molecule has 3 atom stereocenters. The number of likely N-dealkylation sites (tertiary alicyclic amines) is 1. The second-order valence-electron chi connectivity index (χ2n) is 6.42. The molecule has 1 aliphatic carbocycles. The van der Waals surface area contributed by atoms with Crippen molar-refractivity contribution in [1.82, 2.24) is 4.90 Å². The van der Waals surface area contributed by atoms with Crippen LogP contribution in [0, 0.1) is 5.92 Å². The molecule has 0 radical (unpaired) electrons. The van der Waals surface area contributed by atoms with E-state index in [-0.39, 0.29) is 18.1 Å². The Morgan fingerprint density at radius 1 is 1.38 bits per heavy atom. The van der Waals surface area contributed by atoms with Crippen molar-refractivity contribution in [3.8, 4) is 0 Å². The van der Waals surface area contributed by atoms with Crippen molar-refractivity contribution in [3.63, 3.8) is 0 Å². The predicted molar refractivity (Wildman–Crippen MR) is 81.6 cm³/mol. The number of aliphatic hydroxyl groups excluding tert-OH is 1. The molecule has 1 aromatic rings. The fourth-order valence-corrected chi connectivity index (χ4v) is 3.86. The Balaban J connectivity index is 1.64. The summed E-state index contributed by atoms with van der Waals surface area (Å²) in [5, 5.41) is 10.6. The first kappa shape index (κ1) is 14.5. The molecule has 1 saturated heterocycles. The third-order valence-corrected chi connectivity index (χ3v) is 4.99. The standard InChI is InChI=1S/C17H24N2O2/c18-16(20)8-7-12-4-3-9-19(11-12)15-10-13-5-1-2-6-14(13)17(15)21/h1-2,5-6,12,15,17,21H,3-4,7-11H2,(H2,18,20). The van der Waals surface area contributed by atoms with Crippen LogP contribution in [0.25, 0.3) is 0 Å². The Bertz CT molecular complexity index is 517. The Morgan fingerprint density at radius 3 is 2.95 bits per heavy atom. The lowest BCUT2D eigenvalue weighted by Crippen LogP contribution is -2.44. The molecule has 4 nitrogen and oxygen atoms in total. The number of carbonyl (C=O) groups is 1. The summed E-state index contributed by atoms with van der Waals surface area (Å²) in [7, 11) is 0. The molecule has 0 saturated carbocycles. The first-order valence-electron chi connectivity index (χ1n) is 7.93. The lowest BCUT2D eigenvalue weighted by molar-refractivity contribution is -0.118. The van der Waals surface area contributed by atoms with Crippen LogP contribution in [0.15, 0.2) is 24.3 Å². The maximum Gasteiger partial charge on any atom is 0.217 e. The number of hydrogen-bond donors (Lipinski definition) is 2. The van der Waals surface area contributed by atoms with Gasteiger partial charge < -0.3 is 10.8 Å². The number of nitrogens with zero attached hydrogens (tertiary/aromatic N) is 1. The van der Waals surface area contributed by atoms with E-state index in [4.69, 9.17) is 5.73 Å². The number of amides is 1. The normalized spacial score (nSPS) is 29.3. The average Bonchev–Trinajstić information content (AvgIpc) is 2.83. The van der Waals surface area contributed by atoms with Crippen LogP contribution in [0.3, 0.4) is 0 Å². The van der Waals surface area contributed by atoms with E-state index < -0.39 is 0 Å². The maximum atomic E-state index is 10.9. The summed E-state index contributed by atoms with van der Waals surface area (Å²) in [6.45, 7) is 2.02. The summed E-state index contributed by atoms with van der Waals surface area (Å²) in [5.41, 5.74) is 7.61. The predicted octanol–water partition coefficient (Wildman–Crippen LogP) is 1.62. The van der Waals surface area contributed by atoms with Crippen molar-refractivity contribution in [2.24, 2.45) is 11.7 Å². The van der Waals surface area contributed by atoms with E-state index in [9.17, 15) is 9.90 Å². The first-order chi connectivity index (χ1) is 10.1. The molecule has 4 heteroatoms. The molecule has 3 N–H and O–H groups in total. The number of aliphatic hydroxyl groups is 1. The third kappa shape index (κ3) is 3.11. The lowest BCUT2D eigenvalue weighted by atomic mass is 9.91. The molecule has 1 heterocycles. The Hall–Kier alpha value is -1.39. The van der Waals surface area contributed by atoms with Crippen LogP contribution in [0.1, 0.15) is 42.9 Å². The summed E-state index contributed by atoms with van der Waals surface area (Å²) in [5.74, 6) is 0.322. The Kier molecular flexibility index (Phi) is 4.27. The molecule has 0 spiro atoms. The first-order valence-corrected chi connectivity index (χ1v) is 7.93. The highest BCUT2D eigenvalue weighted by molar-refractivity contribution is 5.73. The number of hydrogen-bond acceptors (Lipinski definition) is 3. The maximum absolute atomic E-state index is 10.9. The van der Waals surface area contributed by atoms with Gasteiger partial charge in [-0.3, -0.25) is 9.69 Å². The van der Waals surface area contributed by atoms with E-state index in [0.29, 0.717) is 12.3 Å². The largest absolute Gasteiger partial charge is 0.387 e. The highest BCUT2D eigenvalue weighted by Gasteiger charge is 2.36. The molecular formula is C17H24N2O2. The molecule has 3 rings (SSSR count). The molecule has 0 bridgehead atoms. The van der Waals surface area contributed by atoms with Gasteiger partial charge in [0.1, 0.15) is 0 Å². The number of fused-ring (bicyclic) bond motifs is 1. The zero-order valence-electron chi connectivity index (χ0n) is 12.4. The quantitative estimate of drug-likeness (QED) is 0.885. The van der Waals surface area contributed by atoms with Gasteiger partial charge in [-0.1, -0.05) is 24.3 Å². The van der Waals surface area contributed by atoms with Gasteiger partial charge in [0, 0.05) is 19.0 Å². The van der Waals surface area contributed by atoms with E-state index >= 15 is 0 Å². The summed E-state index contributed by atoms with van der Waals surface area (Å²) in [6.07, 6.45) is 4.21. The van der Waals surface area contributed by atoms with Gasteiger partial charge in [-0.25, -0.2) is 0 Å². The summed E-state index contributed by atoms with van der Waals surface area (Å²) in [6, 6.07) is 8.39. The average molecular weight is 288 g/mol. The number of piperidine rings is 1. The lowest BCUT2D eigenvalue weighted by Gasteiger charge is -2.38. The number of carbonyl (C=O) groups excluding carboxylic acids is 1. The molecule has 1 aliphatic heterocycles. The van der Waals surface area contributed by atoms with Crippen LogP contribution in [0.4, 0.5) is 0 Å². The molecule has 2 aliphatic rings. The number of rotatable bonds is 4. The van der Waals surface area contributed by atoms with E-state index in [1.165, 1.54) is 12.0 Å². The topological polar surface area (TPSA) is 66.6 Å². The van der Waals surface area contributed by atoms with Gasteiger partial charge in [0.15, 0.2) is 0 Å². The van der Waals surface area contributed by atoms with Gasteiger partial charge in [0.2, 0.25) is 5.91 Å². The van der Waals surface area contributed by atoms with E-state index in [0.717, 1.165) is 37.9 Å². The molecule has 114 valence electrons. The van der Waals surface area contributed by atoms with Gasteiger partial charge >= 0.3 is 0 Å². The second kappa shape index (κ2) is 6.16. The van der Waals surface area contributed by atoms with E-state index in [2.05, 4.69) is 11.0 Å². The van der Waals surface area contributed by atoms with Crippen LogP contribution in [0.5, 0.6) is 0 Å². The molecule has 1 amide bonds. The van der Waals surface area contributed by atoms with Crippen molar-refractivity contribution in [3.05, 3.63) is 35.4 Å². The van der Waals surface area contributed by atoms with Crippen LogP contribution in [0.2, 0.25) is 0 Å². The Labute approximate surface area is 125 Å². The van der Waals surface area contributed by atoms with Crippen LogP contribution >= 0.6 is 0 Å². The summed E-state index contributed by atoms with van der Waals surface area (Å²) >= 11 is 0. The summed E-state index contributed by atoms with van der Waals surface area (Å²) in [4.78, 5) is 13.4. The zero-order valence-corrected chi connectivity index (χ0v) is 12.4. The second-order valence-corrected chi connectivity index (χ2v) is 6.42. The van der Waals surface area contributed by atoms with Crippen LogP contribution < -0.4 is 5.73 Å². The Morgan fingerprint density at radius 2 is 2.19 bits per heavy atom. The fourth-order valence-electron chi connectivity index (χ4n) is 3.86. The highest BCUT2D eigenvalue weighted by atomic mass is 16.3. The number of primary amides is 1. The third-order valence-electron chi connectivity index (χ3n) is 4.99. The monoisotopic (exact) mass is 288 g/mol. The van der Waals surface area contributed by atoms with Crippen LogP contribution in [-0.2, 0) is 11.2 Å². The van der Waals surface area contributed by atoms with Crippen molar-refractivity contribution < 1.29 is 9.90 Å². The van der Waals surface area contributed by atoms with Gasteiger partial charge in [-0.05, 0) is 49.3 Å². The van der Waals surface area contributed by atoms with Gasteiger partial charge in [0.05, 0.1) is 6.10 Å². The molecule has 0 aromatic heterocycles. The van der Waals surface area contributed by atoms with Crippen molar-refractivity contribution in [1.29, 1.82) is 0 Å². The highest BCUT2D eigenvalue weighted by Crippen LogP contribution is 2.36. The minimum absolute atomic E-state index is 0.193. The SMILES string of the molecule is NC(=O)CCC1CCCN(C2Cc3ccccc3C2O)C1.